The molecule has 0 unspecified atom stereocenters. The Balaban J connectivity index is 2.03. The minimum atomic E-state index is -4.13. The minimum absolute atomic E-state index is 0.00466. The fourth-order valence-electron chi connectivity index (χ4n) is 3.95. The van der Waals surface area contributed by atoms with Gasteiger partial charge in [0.05, 0.1) is 4.90 Å². The lowest BCUT2D eigenvalue weighted by atomic mass is 9.77. The molecule has 1 aliphatic rings. The number of hydrogen-bond donors (Lipinski definition) is 2. The number of rotatable bonds is 6. The molecule has 0 atom stereocenters. The molecule has 0 heterocycles. The van der Waals surface area contributed by atoms with Crippen molar-refractivity contribution >= 4 is 31.6 Å². The SMILES string of the molecule is NS(=O)(=O)NCC1CCC(c2cc(F)ccc2F)(S(=O)(=O)c2ccc(Cl)cc2)CC1. The topological polar surface area (TPSA) is 106 Å². The number of benzene rings is 2. The van der Waals surface area contributed by atoms with Gasteiger partial charge in [-0.15, -0.1) is 0 Å². The van der Waals surface area contributed by atoms with Crippen LogP contribution in [-0.2, 0) is 24.8 Å². The van der Waals surface area contributed by atoms with Crippen molar-refractivity contribution in [1.29, 1.82) is 0 Å². The van der Waals surface area contributed by atoms with E-state index in [0.29, 0.717) is 5.02 Å². The normalized spacial score (nSPS) is 22.7. The standard InChI is InChI=1S/C19H21ClF2N2O4S2/c20-14-1-4-16(5-2-14)29(25,26)19(17-11-15(21)3-6-18(17)22)9-7-13(8-10-19)12-24-30(23,27)28/h1-6,11,13,24H,7-10,12H2,(H2,23,27,28). The molecular weight excluding hydrogens is 458 g/mol. The van der Waals surface area contributed by atoms with Crippen LogP contribution in [0.15, 0.2) is 47.4 Å². The third-order valence-corrected chi connectivity index (χ3v) is 8.91. The molecule has 6 nitrogen and oxygen atoms in total. The van der Waals surface area contributed by atoms with Crippen LogP contribution >= 0.6 is 11.6 Å². The number of hydrogen-bond acceptors (Lipinski definition) is 4. The van der Waals surface area contributed by atoms with Gasteiger partial charge < -0.3 is 0 Å². The Morgan fingerprint density at radius 2 is 1.63 bits per heavy atom. The van der Waals surface area contributed by atoms with Gasteiger partial charge in [-0.1, -0.05) is 11.6 Å². The molecule has 1 saturated carbocycles. The smallest absolute Gasteiger partial charge is 0.223 e. The first-order valence-electron chi connectivity index (χ1n) is 9.18. The van der Waals surface area contributed by atoms with Crippen molar-refractivity contribution in [2.45, 2.75) is 35.3 Å². The van der Waals surface area contributed by atoms with Gasteiger partial charge in [-0.25, -0.2) is 27.1 Å². The molecule has 2 aromatic rings. The quantitative estimate of drug-likeness (QED) is 0.664. The Kier molecular flexibility index (Phi) is 6.54. The molecule has 1 fully saturated rings. The van der Waals surface area contributed by atoms with Gasteiger partial charge in [0.2, 0.25) is 0 Å². The molecule has 11 heteroatoms. The van der Waals surface area contributed by atoms with Gasteiger partial charge in [0.1, 0.15) is 16.4 Å². The molecule has 0 radical (unpaired) electrons. The number of halogens is 3. The van der Waals surface area contributed by atoms with Crippen LogP contribution in [0.25, 0.3) is 0 Å². The minimum Gasteiger partial charge on any atom is -0.223 e. The second kappa shape index (κ2) is 8.51. The van der Waals surface area contributed by atoms with Crippen molar-refractivity contribution in [1.82, 2.24) is 4.72 Å². The van der Waals surface area contributed by atoms with Gasteiger partial charge in [-0.2, -0.15) is 8.42 Å². The Labute approximate surface area is 179 Å². The van der Waals surface area contributed by atoms with Crippen LogP contribution in [0.5, 0.6) is 0 Å². The van der Waals surface area contributed by atoms with E-state index in [-0.39, 0.29) is 48.6 Å². The maximum atomic E-state index is 14.8. The van der Waals surface area contributed by atoms with Crippen LogP contribution in [0.2, 0.25) is 5.02 Å². The Bertz CT molecular complexity index is 1130. The van der Waals surface area contributed by atoms with Crippen LogP contribution in [0, 0.1) is 17.6 Å². The summed E-state index contributed by atoms with van der Waals surface area (Å²) in [5.41, 5.74) is -0.227. The van der Waals surface area contributed by atoms with E-state index in [0.717, 1.165) is 18.2 Å². The van der Waals surface area contributed by atoms with Gasteiger partial charge in [-0.05, 0) is 74.1 Å². The predicted octanol–water partition coefficient (Wildman–Crippen LogP) is 3.27. The second-order valence-electron chi connectivity index (χ2n) is 7.41. The van der Waals surface area contributed by atoms with E-state index in [9.17, 15) is 25.6 Å². The van der Waals surface area contributed by atoms with Gasteiger partial charge in [-0.3, -0.25) is 0 Å². The summed E-state index contributed by atoms with van der Waals surface area (Å²) in [5.74, 6) is -1.74. The zero-order chi connectivity index (χ0) is 22.2. The van der Waals surface area contributed by atoms with Crippen LogP contribution in [0.4, 0.5) is 8.78 Å². The third kappa shape index (κ3) is 4.67. The lowest BCUT2D eigenvalue weighted by Gasteiger charge is -2.40. The molecule has 164 valence electrons. The average molecular weight is 479 g/mol. The van der Waals surface area contributed by atoms with E-state index in [1.807, 2.05) is 0 Å². The average Bonchev–Trinajstić information content (AvgIpc) is 2.68. The number of nitrogens with two attached hydrogens (primary N) is 1. The molecule has 30 heavy (non-hydrogen) atoms. The molecule has 0 saturated heterocycles. The van der Waals surface area contributed by atoms with Crippen molar-refractivity contribution < 1.29 is 25.6 Å². The Hall–Kier alpha value is -1.59. The first kappa shape index (κ1) is 23.1. The second-order valence-corrected chi connectivity index (χ2v) is 11.5. The molecule has 2 aromatic carbocycles. The van der Waals surface area contributed by atoms with E-state index in [1.165, 1.54) is 24.3 Å². The first-order valence-corrected chi connectivity index (χ1v) is 12.6. The maximum Gasteiger partial charge on any atom is 0.274 e. The lowest BCUT2D eigenvalue weighted by Crippen LogP contribution is -2.43. The van der Waals surface area contributed by atoms with Crippen molar-refractivity contribution in [3.05, 3.63) is 64.7 Å². The lowest BCUT2D eigenvalue weighted by molar-refractivity contribution is 0.286. The van der Waals surface area contributed by atoms with Gasteiger partial charge in [0, 0.05) is 17.1 Å². The summed E-state index contributed by atoms with van der Waals surface area (Å²) < 4.78 is 78.8. The molecule has 3 N–H and O–H groups in total. The third-order valence-electron chi connectivity index (χ3n) is 5.54. The molecular formula is C19H21ClF2N2O4S2. The summed E-state index contributed by atoms with van der Waals surface area (Å²) in [5, 5.41) is 5.30. The molecule has 0 amide bonds. The predicted molar refractivity (Wildman–Crippen MR) is 110 cm³/mol. The van der Waals surface area contributed by atoms with Gasteiger partial charge in [0.25, 0.3) is 10.2 Å². The molecule has 3 rings (SSSR count). The van der Waals surface area contributed by atoms with Crippen LogP contribution in [0.3, 0.4) is 0 Å². The summed E-state index contributed by atoms with van der Waals surface area (Å²) in [4.78, 5) is -0.0447. The van der Waals surface area contributed by atoms with E-state index in [1.54, 1.807) is 0 Å². The van der Waals surface area contributed by atoms with E-state index < -0.39 is 36.4 Å². The summed E-state index contributed by atoms with van der Waals surface area (Å²) in [6.45, 7) is 0.0432. The fourth-order valence-corrected chi connectivity index (χ4v) is 6.71. The number of nitrogens with one attached hydrogen (secondary N) is 1. The highest BCUT2D eigenvalue weighted by atomic mass is 35.5. The highest BCUT2D eigenvalue weighted by Crippen LogP contribution is 2.49. The maximum absolute atomic E-state index is 14.8. The molecule has 0 aromatic heterocycles. The first-order chi connectivity index (χ1) is 13.9. The van der Waals surface area contributed by atoms with Crippen LogP contribution in [-0.4, -0.2) is 23.4 Å². The van der Waals surface area contributed by atoms with Crippen molar-refractivity contribution in [3.63, 3.8) is 0 Å². The summed E-state index contributed by atoms with van der Waals surface area (Å²) >= 11 is 5.87. The van der Waals surface area contributed by atoms with E-state index in [4.69, 9.17) is 16.7 Å². The molecule has 0 aliphatic heterocycles. The monoisotopic (exact) mass is 478 g/mol. The zero-order valence-corrected chi connectivity index (χ0v) is 18.2. The zero-order valence-electron chi connectivity index (χ0n) is 15.8. The summed E-state index contributed by atoms with van der Waals surface area (Å²) in [7, 11) is -8.01. The van der Waals surface area contributed by atoms with Crippen LogP contribution < -0.4 is 9.86 Å². The summed E-state index contributed by atoms with van der Waals surface area (Å²) in [6, 6.07) is 8.29. The van der Waals surface area contributed by atoms with Crippen LogP contribution in [0.1, 0.15) is 31.2 Å². The number of sulfone groups is 1. The molecule has 0 bridgehead atoms. The van der Waals surface area contributed by atoms with E-state index >= 15 is 0 Å². The Morgan fingerprint density at radius 1 is 1.03 bits per heavy atom. The Morgan fingerprint density at radius 3 is 2.20 bits per heavy atom. The highest BCUT2D eigenvalue weighted by molar-refractivity contribution is 7.92. The van der Waals surface area contributed by atoms with Gasteiger partial charge >= 0.3 is 0 Å². The largest absolute Gasteiger partial charge is 0.274 e. The summed E-state index contributed by atoms with van der Waals surface area (Å²) in [6.07, 6.45) is 0.557. The highest BCUT2D eigenvalue weighted by Gasteiger charge is 2.50. The van der Waals surface area contributed by atoms with Crippen molar-refractivity contribution in [3.8, 4) is 0 Å². The van der Waals surface area contributed by atoms with E-state index in [2.05, 4.69) is 4.72 Å². The van der Waals surface area contributed by atoms with Gasteiger partial charge in [0.15, 0.2) is 9.84 Å². The van der Waals surface area contributed by atoms with Crippen molar-refractivity contribution in [2.24, 2.45) is 11.1 Å². The van der Waals surface area contributed by atoms with Crippen molar-refractivity contribution in [2.75, 3.05) is 6.54 Å². The molecule has 0 spiro atoms. The molecule has 1 aliphatic carbocycles. The fraction of sp³-hybridized carbons (Fsp3) is 0.368.